The predicted octanol–water partition coefficient (Wildman–Crippen LogP) is 7.58. The summed E-state index contributed by atoms with van der Waals surface area (Å²) < 4.78 is 20.9. The Morgan fingerprint density at radius 3 is 1.59 bits per heavy atom. The summed E-state index contributed by atoms with van der Waals surface area (Å²) >= 11 is -2.00. The van der Waals surface area contributed by atoms with Crippen molar-refractivity contribution < 1.29 is 8.76 Å². The highest BCUT2D eigenvalue weighted by molar-refractivity contribution is 7.79. The van der Waals surface area contributed by atoms with Crippen LogP contribution in [0.1, 0.15) is 27.8 Å². The van der Waals surface area contributed by atoms with E-state index in [0.717, 1.165) is 27.8 Å². The lowest BCUT2D eigenvalue weighted by atomic mass is 10.0. The summed E-state index contributed by atoms with van der Waals surface area (Å²) in [5.41, 5.74) is 7.74. The van der Waals surface area contributed by atoms with Crippen LogP contribution in [0.25, 0.3) is 35.4 Å². The lowest BCUT2D eigenvalue weighted by Gasteiger charge is -2.04. The van der Waals surface area contributed by atoms with Crippen LogP contribution in [0.3, 0.4) is 0 Å². The minimum absolute atomic E-state index is 0.414. The summed E-state index contributed by atoms with van der Waals surface area (Å²) in [5.74, 6) is 0. The topological polar surface area (TPSA) is 37.3 Å². The first kappa shape index (κ1) is 21.7. The monoisotopic (exact) mass is 436 g/mol. The van der Waals surface area contributed by atoms with Gasteiger partial charge in [0.15, 0.2) is 11.1 Å². The molecule has 1 unspecified atom stereocenters. The highest BCUT2D eigenvalue weighted by Gasteiger charge is 2.04. The van der Waals surface area contributed by atoms with Crippen molar-refractivity contribution in [3.05, 3.63) is 125 Å². The van der Waals surface area contributed by atoms with Crippen LogP contribution < -0.4 is 0 Å². The normalized spacial score (nSPS) is 12.4. The zero-order valence-electron chi connectivity index (χ0n) is 17.8. The van der Waals surface area contributed by atoms with Gasteiger partial charge in [-0.15, -0.1) is 0 Å². The molecule has 0 radical (unpaired) electrons. The van der Waals surface area contributed by atoms with Gasteiger partial charge in [0, 0.05) is 0 Å². The summed E-state index contributed by atoms with van der Waals surface area (Å²) in [7, 11) is 0. The molecule has 3 heteroatoms. The van der Waals surface area contributed by atoms with Crippen molar-refractivity contribution in [3.8, 4) is 11.1 Å². The van der Waals surface area contributed by atoms with Gasteiger partial charge in [-0.3, -0.25) is 0 Å². The average molecular weight is 437 g/mol. The Labute approximate surface area is 191 Å². The van der Waals surface area contributed by atoms with Crippen molar-refractivity contribution in [2.45, 2.75) is 11.8 Å². The highest BCUT2D eigenvalue weighted by atomic mass is 32.2. The van der Waals surface area contributed by atoms with E-state index in [2.05, 4.69) is 91.9 Å². The van der Waals surface area contributed by atoms with Crippen LogP contribution in [0.5, 0.6) is 0 Å². The molecule has 4 rings (SSSR count). The Hall–Kier alpha value is -3.53. The largest absolute Gasteiger partial charge is 0.302 e. The average Bonchev–Trinajstić information content (AvgIpc) is 2.83. The molecule has 4 aromatic carbocycles. The molecule has 0 aliphatic rings. The Kier molecular flexibility index (Phi) is 6.90. The summed E-state index contributed by atoms with van der Waals surface area (Å²) in [6, 6.07) is 32.3. The molecule has 0 aliphatic carbocycles. The van der Waals surface area contributed by atoms with Crippen molar-refractivity contribution in [1.82, 2.24) is 0 Å². The van der Waals surface area contributed by atoms with Gasteiger partial charge in [-0.2, -0.15) is 0 Å². The van der Waals surface area contributed by atoms with Gasteiger partial charge >= 0.3 is 0 Å². The molecular weight excluding hydrogens is 412 g/mol. The summed E-state index contributed by atoms with van der Waals surface area (Å²) in [5, 5.41) is 0. The van der Waals surface area contributed by atoms with E-state index in [1.54, 1.807) is 12.1 Å². The fourth-order valence-electron chi connectivity index (χ4n) is 3.50. The number of rotatable bonds is 6. The van der Waals surface area contributed by atoms with E-state index in [0.29, 0.717) is 4.90 Å². The van der Waals surface area contributed by atoms with E-state index < -0.39 is 11.1 Å². The molecule has 0 amide bonds. The molecular formula is C29H24O2S. The summed E-state index contributed by atoms with van der Waals surface area (Å²) in [6.07, 6.45) is 8.11. The molecule has 0 spiro atoms. The van der Waals surface area contributed by atoms with Crippen molar-refractivity contribution in [2.75, 3.05) is 0 Å². The fraction of sp³-hybridized carbons (Fsp3) is 0.0345. The van der Waals surface area contributed by atoms with Crippen LogP contribution in [0.15, 0.2) is 102 Å². The first-order valence-corrected chi connectivity index (χ1v) is 11.5. The Morgan fingerprint density at radius 2 is 1.06 bits per heavy atom. The molecule has 0 bridgehead atoms. The number of aryl methyl sites for hydroxylation is 1. The van der Waals surface area contributed by atoms with Gasteiger partial charge in [0.25, 0.3) is 0 Å². The maximum atomic E-state index is 11.5. The number of hydrogen-bond donors (Lipinski definition) is 1. The molecule has 0 aliphatic heterocycles. The molecule has 32 heavy (non-hydrogen) atoms. The molecule has 2 nitrogen and oxygen atoms in total. The fourth-order valence-corrected chi connectivity index (χ4v) is 4.03. The second-order valence-corrected chi connectivity index (χ2v) is 8.49. The summed E-state index contributed by atoms with van der Waals surface area (Å²) in [6.45, 7) is 2.12. The van der Waals surface area contributed by atoms with E-state index in [-0.39, 0.29) is 0 Å². The van der Waals surface area contributed by atoms with Crippen LogP contribution in [-0.2, 0) is 11.1 Å². The standard InChI is InChI=1S/C29H24O2S/c1-22-6-2-3-7-25(22)16-10-23-11-17-26(18-12-23)27-19-13-24(14-20-27)15-21-28-8-4-5-9-29(28)32(30)31/h2-21H,1H3,(H,30,31). The Bertz CT molecular complexity index is 1280. The van der Waals surface area contributed by atoms with Gasteiger partial charge in [0.05, 0.1) is 4.90 Å². The smallest absolute Gasteiger partial charge is 0.187 e. The lowest BCUT2D eigenvalue weighted by Crippen LogP contribution is -1.91. The van der Waals surface area contributed by atoms with E-state index >= 15 is 0 Å². The third-order valence-corrected chi connectivity index (χ3v) is 6.11. The van der Waals surface area contributed by atoms with Crippen molar-refractivity contribution in [2.24, 2.45) is 0 Å². The van der Waals surface area contributed by atoms with Crippen LogP contribution >= 0.6 is 0 Å². The molecule has 0 saturated carbocycles. The van der Waals surface area contributed by atoms with Gasteiger partial charge in [0.1, 0.15) is 0 Å². The highest BCUT2D eigenvalue weighted by Crippen LogP contribution is 2.23. The first-order chi connectivity index (χ1) is 15.6. The first-order valence-electron chi connectivity index (χ1n) is 10.4. The number of hydrogen-bond acceptors (Lipinski definition) is 1. The van der Waals surface area contributed by atoms with Gasteiger partial charge in [-0.05, 0) is 51.9 Å². The van der Waals surface area contributed by atoms with Crippen LogP contribution in [0, 0.1) is 6.92 Å². The molecule has 1 N–H and O–H groups in total. The van der Waals surface area contributed by atoms with Crippen LogP contribution in [-0.4, -0.2) is 8.76 Å². The second kappa shape index (κ2) is 10.2. The van der Waals surface area contributed by atoms with E-state index in [4.69, 9.17) is 0 Å². The summed E-state index contributed by atoms with van der Waals surface area (Å²) in [4.78, 5) is 0.414. The maximum absolute atomic E-state index is 11.5. The molecule has 0 saturated heterocycles. The van der Waals surface area contributed by atoms with Gasteiger partial charge in [-0.25, -0.2) is 4.21 Å². The van der Waals surface area contributed by atoms with Crippen molar-refractivity contribution >= 4 is 35.4 Å². The molecule has 4 aromatic rings. The van der Waals surface area contributed by atoms with Crippen LogP contribution in [0.2, 0.25) is 0 Å². The zero-order chi connectivity index (χ0) is 22.3. The Morgan fingerprint density at radius 1 is 0.594 bits per heavy atom. The van der Waals surface area contributed by atoms with Gasteiger partial charge in [-0.1, -0.05) is 115 Å². The third kappa shape index (κ3) is 5.38. The minimum atomic E-state index is -2.00. The third-order valence-electron chi connectivity index (χ3n) is 5.36. The van der Waals surface area contributed by atoms with Crippen LogP contribution in [0.4, 0.5) is 0 Å². The predicted molar refractivity (Wildman–Crippen MR) is 136 cm³/mol. The molecule has 0 aromatic heterocycles. The van der Waals surface area contributed by atoms with E-state index in [9.17, 15) is 8.76 Å². The van der Waals surface area contributed by atoms with E-state index in [1.165, 1.54) is 11.1 Å². The van der Waals surface area contributed by atoms with Gasteiger partial charge in [0.2, 0.25) is 0 Å². The van der Waals surface area contributed by atoms with Gasteiger partial charge < -0.3 is 4.55 Å². The molecule has 158 valence electrons. The Balaban J connectivity index is 1.46. The van der Waals surface area contributed by atoms with Crippen molar-refractivity contribution in [1.29, 1.82) is 0 Å². The maximum Gasteiger partial charge on any atom is 0.187 e. The molecule has 0 fully saturated rings. The molecule has 1 atom stereocenters. The van der Waals surface area contributed by atoms with Crippen molar-refractivity contribution in [3.63, 3.8) is 0 Å². The quantitative estimate of drug-likeness (QED) is 0.250. The lowest BCUT2D eigenvalue weighted by molar-refractivity contribution is 0.564. The van der Waals surface area contributed by atoms with E-state index in [1.807, 2.05) is 24.3 Å². The second-order valence-electron chi connectivity index (χ2n) is 7.55. The minimum Gasteiger partial charge on any atom is -0.302 e. The number of benzene rings is 4. The zero-order valence-corrected chi connectivity index (χ0v) is 18.6. The molecule has 0 heterocycles. The SMILES string of the molecule is Cc1ccccc1C=Cc1ccc(-c2ccc(C=Cc3ccccc3S(=O)O)cc2)cc1.